The van der Waals surface area contributed by atoms with Crippen LogP contribution in [0.4, 0.5) is 5.69 Å². The molecule has 2 aromatic rings. The van der Waals surface area contributed by atoms with E-state index in [4.69, 9.17) is 0 Å². The van der Waals surface area contributed by atoms with Crippen LogP contribution in [0.2, 0.25) is 0 Å². The quantitative estimate of drug-likeness (QED) is 0.866. The van der Waals surface area contributed by atoms with Crippen LogP contribution in [0.1, 0.15) is 13.8 Å². The zero-order valence-electron chi connectivity index (χ0n) is 10.5. The normalized spacial score (nSPS) is 13.7. The lowest BCUT2D eigenvalue weighted by Gasteiger charge is -2.14. The van der Waals surface area contributed by atoms with Gasteiger partial charge in [-0.05, 0) is 25.1 Å². The fourth-order valence-corrected chi connectivity index (χ4v) is 2.93. The minimum atomic E-state index is -2.95. The summed E-state index contributed by atoms with van der Waals surface area (Å²) in [5, 5.41) is 11.1. The Labute approximate surface area is 107 Å². The minimum Gasteiger partial charge on any atom is -0.382 e. The standard InChI is InChI=1S/C12H17N3O2S/c1-3-18(16,17)8-9(2)14-11-5-4-10-7-13-15-12(10)6-11/h4-7,9,14H,3,8H2,1-2H3,(H,13,15). The maximum Gasteiger partial charge on any atom is 0.152 e. The largest absolute Gasteiger partial charge is 0.382 e. The van der Waals surface area contributed by atoms with Gasteiger partial charge in [0.25, 0.3) is 0 Å². The molecule has 18 heavy (non-hydrogen) atoms. The molecule has 0 aliphatic carbocycles. The van der Waals surface area contributed by atoms with E-state index in [2.05, 4.69) is 15.5 Å². The summed E-state index contributed by atoms with van der Waals surface area (Å²) in [4.78, 5) is 0. The zero-order valence-corrected chi connectivity index (χ0v) is 11.3. The molecular weight excluding hydrogens is 250 g/mol. The van der Waals surface area contributed by atoms with Crippen LogP contribution < -0.4 is 5.32 Å². The van der Waals surface area contributed by atoms with Gasteiger partial charge in [0.1, 0.15) is 0 Å². The Morgan fingerprint density at radius 2 is 2.22 bits per heavy atom. The van der Waals surface area contributed by atoms with Crippen molar-refractivity contribution < 1.29 is 8.42 Å². The highest BCUT2D eigenvalue weighted by Gasteiger charge is 2.13. The molecule has 0 aliphatic rings. The van der Waals surface area contributed by atoms with Gasteiger partial charge in [0, 0.05) is 22.9 Å². The number of H-pyrrole nitrogens is 1. The molecule has 98 valence electrons. The van der Waals surface area contributed by atoms with Gasteiger partial charge in [-0.3, -0.25) is 5.10 Å². The van der Waals surface area contributed by atoms with E-state index in [1.807, 2.05) is 25.1 Å². The molecule has 0 saturated heterocycles. The summed E-state index contributed by atoms with van der Waals surface area (Å²) in [7, 11) is -2.95. The van der Waals surface area contributed by atoms with Gasteiger partial charge >= 0.3 is 0 Å². The van der Waals surface area contributed by atoms with Crippen LogP contribution in [0, 0.1) is 0 Å². The first-order chi connectivity index (χ1) is 8.50. The van der Waals surface area contributed by atoms with Crippen molar-refractivity contribution in [3.8, 4) is 0 Å². The first kappa shape index (κ1) is 12.9. The van der Waals surface area contributed by atoms with E-state index in [0.29, 0.717) is 0 Å². The Bertz CT molecular complexity index is 634. The van der Waals surface area contributed by atoms with E-state index >= 15 is 0 Å². The van der Waals surface area contributed by atoms with Gasteiger partial charge in [-0.25, -0.2) is 8.42 Å². The van der Waals surface area contributed by atoms with Crippen molar-refractivity contribution in [2.24, 2.45) is 0 Å². The van der Waals surface area contributed by atoms with Crippen molar-refractivity contribution >= 4 is 26.4 Å². The Morgan fingerprint density at radius 3 is 2.94 bits per heavy atom. The Morgan fingerprint density at radius 1 is 1.44 bits per heavy atom. The highest BCUT2D eigenvalue weighted by molar-refractivity contribution is 7.91. The number of aromatic amines is 1. The molecule has 0 radical (unpaired) electrons. The van der Waals surface area contributed by atoms with Gasteiger partial charge in [-0.15, -0.1) is 0 Å². The van der Waals surface area contributed by atoms with E-state index in [1.54, 1.807) is 13.1 Å². The molecule has 0 spiro atoms. The van der Waals surface area contributed by atoms with Crippen LogP contribution in [-0.4, -0.2) is 36.2 Å². The maximum absolute atomic E-state index is 11.5. The van der Waals surface area contributed by atoms with Crippen molar-refractivity contribution in [2.45, 2.75) is 19.9 Å². The second kappa shape index (κ2) is 4.97. The number of aromatic nitrogens is 2. The van der Waals surface area contributed by atoms with Crippen molar-refractivity contribution in [3.63, 3.8) is 0 Å². The number of fused-ring (bicyclic) bond motifs is 1. The van der Waals surface area contributed by atoms with Gasteiger partial charge in [0.05, 0.1) is 17.5 Å². The molecular formula is C12H17N3O2S. The summed E-state index contributed by atoms with van der Waals surface area (Å²) < 4.78 is 23.0. The number of benzene rings is 1. The molecule has 1 atom stereocenters. The van der Waals surface area contributed by atoms with Crippen LogP contribution >= 0.6 is 0 Å². The van der Waals surface area contributed by atoms with E-state index in [-0.39, 0.29) is 17.5 Å². The average molecular weight is 267 g/mol. The summed E-state index contributed by atoms with van der Waals surface area (Å²) in [6.07, 6.45) is 1.75. The van der Waals surface area contributed by atoms with Gasteiger partial charge in [-0.2, -0.15) is 5.10 Å². The molecule has 1 unspecified atom stereocenters. The third kappa shape index (κ3) is 3.01. The predicted molar refractivity (Wildman–Crippen MR) is 73.5 cm³/mol. The first-order valence-corrected chi connectivity index (χ1v) is 7.72. The molecule has 0 saturated carbocycles. The molecule has 2 N–H and O–H groups in total. The Kier molecular flexibility index (Phi) is 3.56. The molecule has 0 amide bonds. The highest BCUT2D eigenvalue weighted by Crippen LogP contribution is 2.17. The smallest absolute Gasteiger partial charge is 0.152 e. The lowest BCUT2D eigenvalue weighted by molar-refractivity contribution is 0.593. The predicted octanol–water partition coefficient (Wildman–Crippen LogP) is 1.80. The average Bonchev–Trinajstić information content (AvgIpc) is 2.75. The molecule has 1 aromatic heterocycles. The molecule has 1 heterocycles. The molecule has 1 aromatic carbocycles. The minimum absolute atomic E-state index is 0.115. The van der Waals surface area contributed by atoms with Crippen LogP contribution in [0.15, 0.2) is 24.4 Å². The first-order valence-electron chi connectivity index (χ1n) is 5.90. The monoisotopic (exact) mass is 267 g/mol. The number of hydrogen-bond donors (Lipinski definition) is 2. The van der Waals surface area contributed by atoms with Crippen molar-refractivity contribution in [1.82, 2.24) is 10.2 Å². The van der Waals surface area contributed by atoms with E-state index in [0.717, 1.165) is 16.6 Å². The summed E-state index contributed by atoms with van der Waals surface area (Å²) in [6, 6.07) is 5.68. The van der Waals surface area contributed by atoms with Crippen LogP contribution in [-0.2, 0) is 9.84 Å². The second-order valence-electron chi connectivity index (χ2n) is 4.42. The molecule has 2 rings (SSSR count). The third-order valence-electron chi connectivity index (χ3n) is 2.80. The summed E-state index contributed by atoms with van der Waals surface area (Å²) >= 11 is 0. The van der Waals surface area contributed by atoms with E-state index in [9.17, 15) is 8.42 Å². The Balaban J connectivity index is 2.08. The number of nitrogens with zero attached hydrogens (tertiary/aromatic N) is 1. The topological polar surface area (TPSA) is 74.8 Å². The van der Waals surface area contributed by atoms with E-state index in [1.165, 1.54) is 0 Å². The summed E-state index contributed by atoms with van der Waals surface area (Å²) in [5.41, 5.74) is 1.83. The lowest BCUT2D eigenvalue weighted by atomic mass is 10.2. The SMILES string of the molecule is CCS(=O)(=O)CC(C)Nc1ccc2cn[nH]c2c1. The highest BCUT2D eigenvalue weighted by atomic mass is 32.2. The van der Waals surface area contributed by atoms with Crippen molar-refractivity contribution in [3.05, 3.63) is 24.4 Å². The van der Waals surface area contributed by atoms with Crippen molar-refractivity contribution in [1.29, 1.82) is 0 Å². The fraction of sp³-hybridized carbons (Fsp3) is 0.417. The third-order valence-corrected chi connectivity index (χ3v) is 4.69. The molecule has 0 aliphatic heterocycles. The summed E-state index contributed by atoms with van der Waals surface area (Å²) in [5.74, 6) is 0.323. The molecule has 5 nitrogen and oxygen atoms in total. The summed E-state index contributed by atoms with van der Waals surface area (Å²) in [6.45, 7) is 3.53. The fourth-order valence-electron chi connectivity index (χ4n) is 1.85. The number of hydrogen-bond acceptors (Lipinski definition) is 4. The van der Waals surface area contributed by atoms with Gasteiger partial charge in [0.2, 0.25) is 0 Å². The van der Waals surface area contributed by atoms with Gasteiger partial charge in [-0.1, -0.05) is 6.92 Å². The van der Waals surface area contributed by atoms with Gasteiger partial charge in [0.15, 0.2) is 9.84 Å². The maximum atomic E-state index is 11.5. The zero-order chi connectivity index (χ0) is 13.2. The van der Waals surface area contributed by atoms with Crippen LogP contribution in [0.25, 0.3) is 10.9 Å². The molecule has 0 fully saturated rings. The molecule has 0 bridgehead atoms. The number of anilines is 1. The number of nitrogens with one attached hydrogen (secondary N) is 2. The van der Waals surface area contributed by atoms with Gasteiger partial charge < -0.3 is 5.32 Å². The second-order valence-corrected chi connectivity index (χ2v) is 6.81. The molecule has 6 heteroatoms. The lowest BCUT2D eigenvalue weighted by Crippen LogP contribution is -2.26. The van der Waals surface area contributed by atoms with Crippen LogP contribution in [0.3, 0.4) is 0 Å². The van der Waals surface area contributed by atoms with Crippen LogP contribution in [0.5, 0.6) is 0 Å². The number of sulfone groups is 1. The van der Waals surface area contributed by atoms with E-state index < -0.39 is 9.84 Å². The Hall–Kier alpha value is -1.56. The number of rotatable bonds is 5. The van der Waals surface area contributed by atoms with Crippen molar-refractivity contribution in [2.75, 3.05) is 16.8 Å².